The van der Waals surface area contributed by atoms with Crippen molar-refractivity contribution in [3.63, 3.8) is 0 Å². The summed E-state index contributed by atoms with van der Waals surface area (Å²) in [6.07, 6.45) is 10.1. The van der Waals surface area contributed by atoms with Crippen molar-refractivity contribution in [2.24, 2.45) is 0 Å². The molecule has 37 heavy (non-hydrogen) atoms. The van der Waals surface area contributed by atoms with Crippen LogP contribution in [0.15, 0.2) is 36.9 Å². The first-order valence-electron chi connectivity index (χ1n) is 12.8. The van der Waals surface area contributed by atoms with E-state index < -0.39 is 10.0 Å². The highest BCUT2D eigenvalue weighted by Gasteiger charge is 2.37. The molecule has 1 saturated heterocycles. The second-order valence-corrected chi connectivity index (χ2v) is 12.4. The summed E-state index contributed by atoms with van der Waals surface area (Å²) in [4.78, 5) is 16.0. The molecule has 5 heterocycles. The van der Waals surface area contributed by atoms with Gasteiger partial charge < -0.3 is 10.2 Å². The van der Waals surface area contributed by atoms with Crippen molar-refractivity contribution >= 4 is 38.4 Å². The van der Waals surface area contributed by atoms with Gasteiger partial charge in [-0.2, -0.15) is 14.3 Å². The Hall–Kier alpha value is -3.54. The van der Waals surface area contributed by atoms with Gasteiger partial charge in [0.05, 0.1) is 34.1 Å². The lowest BCUT2D eigenvalue weighted by molar-refractivity contribution is 0.544. The van der Waals surface area contributed by atoms with Crippen LogP contribution in [0.4, 0.5) is 17.5 Å². The Labute approximate surface area is 216 Å². The Kier molecular flexibility index (Phi) is 5.66. The maximum Gasteiger partial charge on any atom is 0.256 e. The van der Waals surface area contributed by atoms with Gasteiger partial charge in [0.25, 0.3) is 10.0 Å². The Morgan fingerprint density at radius 1 is 1.03 bits per heavy atom. The second kappa shape index (κ2) is 8.79. The summed E-state index contributed by atoms with van der Waals surface area (Å²) >= 11 is 0. The molecule has 0 spiro atoms. The number of pyridine rings is 1. The predicted molar refractivity (Wildman–Crippen MR) is 142 cm³/mol. The fraction of sp³-hybridized carbons (Fsp3) is 0.480. The number of hydrogen-bond donors (Lipinski definition) is 1. The molecule has 0 bridgehead atoms. The van der Waals surface area contributed by atoms with E-state index in [4.69, 9.17) is 5.10 Å². The van der Waals surface area contributed by atoms with Gasteiger partial charge in [0.2, 0.25) is 0 Å². The van der Waals surface area contributed by atoms with Gasteiger partial charge in [0.15, 0.2) is 11.6 Å². The first kappa shape index (κ1) is 23.8. The number of fused-ring (bicyclic) bond motifs is 1. The number of nitrogens with zero attached hydrogens (tertiary/aromatic N) is 8. The molecule has 4 aromatic rings. The summed E-state index contributed by atoms with van der Waals surface area (Å²) in [5, 5.41) is 13.0. The van der Waals surface area contributed by atoms with E-state index in [1.165, 1.54) is 12.4 Å². The molecule has 1 N–H and O–H groups in total. The summed E-state index contributed by atoms with van der Waals surface area (Å²) in [6, 6.07) is 4.82. The van der Waals surface area contributed by atoms with E-state index in [1.54, 1.807) is 12.3 Å². The van der Waals surface area contributed by atoms with Crippen molar-refractivity contribution < 1.29 is 8.42 Å². The quantitative estimate of drug-likeness (QED) is 0.382. The highest BCUT2D eigenvalue weighted by atomic mass is 32.2. The van der Waals surface area contributed by atoms with E-state index in [1.807, 2.05) is 12.3 Å². The molecule has 194 valence electrons. The Morgan fingerprint density at radius 2 is 1.78 bits per heavy atom. The summed E-state index contributed by atoms with van der Waals surface area (Å²) in [5.74, 6) is 2.56. The van der Waals surface area contributed by atoms with Gasteiger partial charge in [-0.15, -0.1) is 0 Å². The van der Waals surface area contributed by atoms with Crippen LogP contribution >= 0.6 is 0 Å². The fourth-order valence-corrected chi connectivity index (χ4v) is 6.53. The molecule has 11 nitrogen and oxygen atoms in total. The van der Waals surface area contributed by atoms with Crippen LogP contribution in [-0.2, 0) is 10.0 Å². The smallest absolute Gasteiger partial charge is 0.256 e. The molecule has 4 aromatic heterocycles. The SMILES string of the molecule is CC1CCC(C)N1c1nn(C(C)C)c2cc(Nc3ccnc(-c4cnn(S(=O)(=O)C5CC5)c4)n3)ncc12. The molecule has 2 unspecified atom stereocenters. The molecule has 0 amide bonds. The number of rotatable bonds is 7. The molecule has 1 aliphatic heterocycles. The fourth-order valence-electron chi connectivity index (χ4n) is 5.06. The van der Waals surface area contributed by atoms with Crippen LogP contribution in [0.1, 0.15) is 59.4 Å². The number of anilines is 3. The van der Waals surface area contributed by atoms with Crippen molar-refractivity contribution in [2.75, 3.05) is 10.2 Å². The van der Waals surface area contributed by atoms with Gasteiger partial charge in [0, 0.05) is 36.6 Å². The normalized spacial score (nSPS) is 20.3. The van der Waals surface area contributed by atoms with E-state index in [0.717, 1.165) is 33.6 Å². The molecule has 1 saturated carbocycles. The summed E-state index contributed by atoms with van der Waals surface area (Å²) in [7, 11) is -3.44. The minimum atomic E-state index is -3.44. The lowest BCUT2D eigenvalue weighted by Crippen LogP contribution is -2.33. The lowest BCUT2D eigenvalue weighted by Gasteiger charge is -2.26. The maximum absolute atomic E-state index is 12.5. The lowest BCUT2D eigenvalue weighted by atomic mass is 10.2. The Balaban J connectivity index is 1.30. The largest absolute Gasteiger partial charge is 0.349 e. The first-order valence-corrected chi connectivity index (χ1v) is 14.3. The van der Waals surface area contributed by atoms with Gasteiger partial charge in [-0.05, 0) is 59.4 Å². The third-order valence-corrected chi connectivity index (χ3v) is 9.23. The standard InChI is InChI=1S/C25H31N9O2S/c1-15(2)34-21-11-23(27-13-20(21)25(31-34)33-16(3)5-6-17(33)4)29-22-9-10-26-24(30-22)18-12-28-32(14-18)37(35,36)19-7-8-19/h9-17,19H,5-8H2,1-4H3,(H,26,27,29,30). The third kappa shape index (κ3) is 4.22. The van der Waals surface area contributed by atoms with Gasteiger partial charge in [-0.25, -0.2) is 23.4 Å². The van der Waals surface area contributed by atoms with Crippen LogP contribution in [0, 0.1) is 0 Å². The van der Waals surface area contributed by atoms with Crippen LogP contribution in [0.5, 0.6) is 0 Å². The van der Waals surface area contributed by atoms with Crippen LogP contribution in [-0.4, -0.2) is 59.7 Å². The summed E-state index contributed by atoms with van der Waals surface area (Å²) < 4.78 is 28.0. The number of hydrogen-bond acceptors (Lipinski definition) is 9. The summed E-state index contributed by atoms with van der Waals surface area (Å²) in [5.41, 5.74) is 1.54. The molecule has 12 heteroatoms. The van der Waals surface area contributed by atoms with Crippen molar-refractivity contribution in [1.29, 1.82) is 0 Å². The van der Waals surface area contributed by atoms with Crippen molar-refractivity contribution in [2.45, 2.75) is 76.8 Å². The molecule has 2 fully saturated rings. The van der Waals surface area contributed by atoms with E-state index in [-0.39, 0.29) is 11.3 Å². The van der Waals surface area contributed by atoms with E-state index in [0.29, 0.717) is 47.9 Å². The second-order valence-electron chi connectivity index (χ2n) is 10.4. The zero-order chi connectivity index (χ0) is 25.9. The van der Waals surface area contributed by atoms with Gasteiger partial charge >= 0.3 is 0 Å². The van der Waals surface area contributed by atoms with E-state index in [2.05, 4.69) is 62.6 Å². The van der Waals surface area contributed by atoms with Gasteiger partial charge in [0.1, 0.15) is 11.6 Å². The Morgan fingerprint density at radius 3 is 2.49 bits per heavy atom. The average Bonchev–Trinajstić information content (AvgIpc) is 3.37. The molecule has 0 aromatic carbocycles. The zero-order valence-electron chi connectivity index (χ0n) is 21.4. The molecule has 2 aliphatic rings. The minimum absolute atomic E-state index is 0.189. The highest BCUT2D eigenvalue weighted by molar-refractivity contribution is 7.90. The van der Waals surface area contributed by atoms with Crippen LogP contribution in [0.2, 0.25) is 0 Å². The third-order valence-electron chi connectivity index (χ3n) is 7.19. The molecule has 2 atom stereocenters. The van der Waals surface area contributed by atoms with Gasteiger partial charge in [-0.1, -0.05) is 0 Å². The van der Waals surface area contributed by atoms with Crippen LogP contribution < -0.4 is 10.2 Å². The number of aromatic nitrogens is 7. The average molecular weight is 522 g/mol. The highest BCUT2D eigenvalue weighted by Crippen LogP contribution is 2.36. The number of nitrogens with one attached hydrogen (secondary N) is 1. The molecule has 1 aliphatic carbocycles. The molecular weight excluding hydrogens is 490 g/mol. The van der Waals surface area contributed by atoms with Crippen molar-refractivity contribution in [3.05, 3.63) is 36.9 Å². The first-order chi connectivity index (χ1) is 17.7. The van der Waals surface area contributed by atoms with E-state index >= 15 is 0 Å². The molecule has 6 rings (SSSR count). The molecular formula is C25H31N9O2S. The maximum atomic E-state index is 12.5. The van der Waals surface area contributed by atoms with Crippen molar-refractivity contribution in [3.8, 4) is 11.4 Å². The van der Waals surface area contributed by atoms with Crippen LogP contribution in [0.25, 0.3) is 22.3 Å². The zero-order valence-corrected chi connectivity index (χ0v) is 22.2. The monoisotopic (exact) mass is 521 g/mol. The topological polar surface area (TPSA) is 124 Å². The Bertz CT molecular complexity index is 1560. The van der Waals surface area contributed by atoms with Crippen LogP contribution in [0.3, 0.4) is 0 Å². The molecule has 0 radical (unpaired) electrons. The van der Waals surface area contributed by atoms with E-state index in [9.17, 15) is 8.42 Å². The summed E-state index contributed by atoms with van der Waals surface area (Å²) in [6.45, 7) is 8.76. The predicted octanol–water partition coefficient (Wildman–Crippen LogP) is 4.13. The van der Waals surface area contributed by atoms with Gasteiger partial charge in [-0.3, -0.25) is 4.68 Å². The van der Waals surface area contributed by atoms with Crippen molar-refractivity contribution in [1.82, 2.24) is 33.9 Å². The minimum Gasteiger partial charge on any atom is -0.349 e.